The number of pyridine rings is 1. The number of hydrogen-bond acceptors (Lipinski definition) is 4. The maximum absolute atomic E-state index is 12.5. The van der Waals surface area contributed by atoms with Crippen molar-refractivity contribution in [3.63, 3.8) is 0 Å². The number of nitrogen functional groups attached to an aromatic ring is 1. The van der Waals surface area contributed by atoms with Gasteiger partial charge in [-0.05, 0) is 30.9 Å². The first-order chi connectivity index (χ1) is 8.41. The highest BCUT2D eigenvalue weighted by molar-refractivity contribution is 7.89. The molecule has 5 nitrogen and oxygen atoms in total. The fourth-order valence-electron chi connectivity index (χ4n) is 1.85. The molecule has 0 spiro atoms. The van der Waals surface area contributed by atoms with E-state index in [4.69, 9.17) is 5.73 Å². The first kappa shape index (κ1) is 13.3. The highest BCUT2D eigenvalue weighted by atomic mass is 32.2. The SMILES string of the molecule is CC(C)CN(C1CC1)S(=O)(=O)c1ccc(N)nc1. The molecule has 0 atom stereocenters. The zero-order valence-electron chi connectivity index (χ0n) is 10.7. The number of nitrogens with two attached hydrogens (primary N) is 1. The van der Waals surface area contributed by atoms with Crippen LogP contribution in [0, 0.1) is 5.92 Å². The van der Waals surface area contributed by atoms with E-state index >= 15 is 0 Å². The van der Waals surface area contributed by atoms with Crippen LogP contribution in [-0.2, 0) is 10.0 Å². The van der Waals surface area contributed by atoms with Crippen LogP contribution in [0.2, 0.25) is 0 Å². The molecule has 1 saturated carbocycles. The summed E-state index contributed by atoms with van der Waals surface area (Å²) in [5, 5.41) is 0. The lowest BCUT2D eigenvalue weighted by atomic mass is 10.2. The van der Waals surface area contributed by atoms with Crippen LogP contribution >= 0.6 is 0 Å². The molecular weight excluding hydrogens is 250 g/mol. The van der Waals surface area contributed by atoms with Gasteiger partial charge in [0.1, 0.15) is 10.7 Å². The number of anilines is 1. The molecule has 1 aliphatic rings. The molecule has 100 valence electrons. The van der Waals surface area contributed by atoms with Crippen LogP contribution in [0.5, 0.6) is 0 Å². The summed E-state index contributed by atoms with van der Waals surface area (Å²) in [6.07, 6.45) is 3.24. The van der Waals surface area contributed by atoms with E-state index in [0.29, 0.717) is 18.3 Å². The second-order valence-corrected chi connectivity index (χ2v) is 7.01. The predicted molar refractivity (Wildman–Crippen MR) is 70.4 cm³/mol. The van der Waals surface area contributed by atoms with Crippen LogP contribution in [0.4, 0.5) is 5.82 Å². The van der Waals surface area contributed by atoms with Gasteiger partial charge in [0.2, 0.25) is 10.0 Å². The first-order valence-electron chi connectivity index (χ1n) is 6.14. The summed E-state index contributed by atoms with van der Waals surface area (Å²) >= 11 is 0. The van der Waals surface area contributed by atoms with Gasteiger partial charge in [0, 0.05) is 18.8 Å². The van der Waals surface area contributed by atoms with Crippen molar-refractivity contribution < 1.29 is 8.42 Å². The number of hydrogen-bond donors (Lipinski definition) is 1. The van der Waals surface area contributed by atoms with E-state index in [0.717, 1.165) is 12.8 Å². The molecule has 1 fully saturated rings. The molecule has 0 aliphatic heterocycles. The Morgan fingerprint density at radius 2 is 2.11 bits per heavy atom. The monoisotopic (exact) mass is 269 g/mol. The normalized spacial score (nSPS) is 16.4. The lowest BCUT2D eigenvalue weighted by molar-refractivity contribution is 0.360. The van der Waals surface area contributed by atoms with Crippen molar-refractivity contribution in [1.29, 1.82) is 0 Å². The smallest absolute Gasteiger partial charge is 0.244 e. The quantitative estimate of drug-likeness (QED) is 0.878. The number of nitrogens with zero attached hydrogens (tertiary/aromatic N) is 2. The van der Waals surface area contributed by atoms with Crippen LogP contribution in [-0.4, -0.2) is 30.3 Å². The summed E-state index contributed by atoms with van der Waals surface area (Å²) in [6.45, 7) is 4.59. The van der Waals surface area contributed by atoms with E-state index in [9.17, 15) is 8.42 Å². The molecule has 1 aliphatic carbocycles. The van der Waals surface area contributed by atoms with Crippen LogP contribution in [0.3, 0.4) is 0 Å². The molecule has 0 bridgehead atoms. The van der Waals surface area contributed by atoms with Crippen molar-refractivity contribution in [3.05, 3.63) is 18.3 Å². The minimum atomic E-state index is -3.43. The van der Waals surface area contributed by atoms with Gasteiger partial charge in [0.15, 0.2) is 0 Å². The average Bonchev–Trinajstić information content (AvgIpc) is 3.10. The van der Waals surface area contributed by atoms with Gasteiger partial charge in [-0.2, -0.15) is 4.31 Å². The third-order valence-electron chi connectivity index (χ3n) is 2.87. The Hall–Kier alpha value is -1.14. The molecule has 0 aromatic carbocycles. The standard InChI is InChI=1S/C12H19N3O2S/c1-9(2)8-15(10-3-4-10)18(16,17)11-5-6-12(13)14-7-11/h5-7,9-10H,3-4,8H2,1-2H3,(H2,13,14). The number of rotatable bonds is 5. The van der Waals surface area contributed by atoms with E-state index in [-0.39, 0.29) is 10.9 Å². The molecule has 1 aromatic rings. The summed E-state index contributed by atoms with van der Waals surface area (Å²) < 4.78 is 26.6. The van der Waals surface area contributed by atoms with E-state index in [1.807, 2.05) is 13.8 Å². The molecule has 1 aromatic heterocycles. The van der Waals surface area contributed by atoms with E-state index in [1.54, 1.807) is 4.31 Å². The highest BCUT2D eigenvalue weighted by Crippen LogP contribution is 2.32. The van der Waals surface area contributed by atoms with Crippen molar-refractivity contribution in [2.24, 2.45) is 5.92 Å². The van der Waals surface area contributed by atoms with Gasteiger partial charge in [0.05, 0.1) is 0 Å². The Kier molecular flexibility index (Phi) is 3.59. The minimum absolute atomic E-state index is 0.162. The van der Waals surface area contributed by atoms with E-state index in [2.05, 4.69) is 4.98 Å². The van der Waals surface area contributed by atoms with E-state index in [1.165, 1.54) is 18.3 Å². The summed E-state index contributed by atoms with van der Waals surface area (Å²) in [6, 6.07) is 3.20. The lowest BCUT2D eigenvalue weighted by Crippen LogP contribution is -2.36. The lowest BCUT2D eigenvalue weighted by Gasteiger charge is -2.23. The van der Waals surface area contributed by atoms with E-state index < -0.39 is 10.0 Å². The molecule has 2 rings (SSSR count). The fraction of sp³-hybridized carbons (Fsp3) is 0.583. The molecule has 0 amide bonds. The Labute approximate surface area is 108 Å². The van der Waals surface area contributed by atoms with Crippen LogP contribution in [0.15, 0.2) is 23.2 Å². The Morgan fingerprint density at radius 3 is 2.56 bits per heavy atom. The highest BCUT2D eigenvalue weighted by Gasteiger charge is 2.38. The maximum atomic E-state index is 12.5. The number of aromatic nitrogens is 1. The third kappa shape index (κ3) is 2.81. The summed E-state index contributed by atoms with van der Waals surface area (Å²) in [5.74, 6) is 0.637. The number of sulfonamides is 1. The summed E-state index contributed by atoms with van der Waals surface area (Å²) in [7, 11) is -3.43. The molecule has 18 heavy (non-hydrogen) atoms. The molecule has 0 unspecified atom stereocenters. The van der Waals surface area contributed by atoms with Crippen LogP contribution in [0.25, 0.3) is 0 Å². The van der Waals surface area contributed by atoms with Crippen LogP contribution < -0.4 is 5.73 Å². The molecule has 0 radical (unpaired) electrons. The van der Waals surface area contributed by atoms with Crippen molar-refractivity contribution in [2.75, 3.05) is 12.3 Å². The van der Waals surface area contributed by atoms with Crippen molar-refractivity contribution in [2.45, 2.75) is 37.6 Å². The molecule has 2 N–H and O–H groups in total. The topological polar surface area (TPSA) is 76.3 Å². The van der Waals surface area contributed by atoms with Gasteiger partial charge >= 0.3 is 0 Å². The summed E-state index contributed by atoms with van der Waals surface area (Å²) in [5.41, 5.74) is 5.48. The zero-order valence-corrected chi connectivity index (χ0v) is 11.5. The van der Waals surface area contributed by atoms with Gasteiger partial charge in [-0.3, -0.25) is 0 Å². The zero-order chi connectivity index (χ0) is 13.3. The summed E-state index contributed by atoms with van der Waals surface area (Å²) in [4.78, 5) is 4.08. The van der Waals surface area contributed by atoms with Gasteiger partial charge in [-0.15, -0.1) is 0 Å². The van der Waals surface area contributed by atoms with Gasteiger partial charge in [-0.1, -0.05) is 13.8 Å². The second-order valence-electron chi connectivity index (χ2n) is 5.12. The first-order valence-corrected chi connectivity index (χ1v) is 7.58. The molecule has 6 heteroatoms. The predicted octanol–water partition coefficient (Wildman–Crippen LogP) is 1.47. The Bertz CT molecular complexity index is 507. The van der Waals surface area contributed by atoms with Crippen LogP contribution in [0.1, 0.15) is 26.7 Å². The average molecular weight is 269 g/mol. The van der Waals surface area contributed by atoms with Crippen molar-refractivity contribution in [3.8, 4) is 0 Å². The van der Waals surface area contributed by atoms with Gasteiger partial charge in [-0.25, -0.2) is 13.4 Å². The van der Waals surface area contributed by atoms with Crippen molar-refractivity contribution >= 4 is 15.8 Å². The second kappa shape index (κ2) is 4.85. The fourth-order valence-corrected chi connectivity index (χ4v) is 3.64. The molecule has 1 heterocycles. The van der Waals surface area contributed by atoms with Gasteiger partial charge in [0.25, 0.3) is 0 Å². The third-order valence-corrected chi connectivity index (χ3v) is 4.77. The largest absolute Gasteiger partial charge is 0.384 e. The molecule has 0 saturated heterocycles. The Morgan fingerprint density at radius 1 is 1.44 bits per heavy atom. The van der Waals surface area contributed by atoms with Crippen molar-refractivity contribution in [1.82, 2.24) is 9.29 Å². The minimum Gasteiger partial charge on any atom is -0.384 e. The maximum Gasteiger partial charge on any atom is 0.244 e. The van der Waals surface area contributed by atoms with Gasteiger partial charge < -0.3 is 5.73 Å². The Balaban J connectivity index is 2.29. The molecular formula is C12H19N3O2S.